The van der Waals surface area contributed by atoms with Crippen molar-refractivity contribution in [2.75, 3.05) is 0 Å². The molecule has 1 aliphatic rings. The summed E-state index contributed by atoms with van der Waals surface area (Å²) in [6.07, 6.45) is 2.65. The first kappa shape index (κ1) is 20.4. The maximum atomic E-state index is 12.7. The van der Waals surface area contributed by atoms with E-state index in [-0.39, 0.29) is 11.3 Å². The highest BCUT2D eigenvalue weighted by atomic mass is 32.2. The van der Waals surface area contributed by atoms with Crippen molar-refractivity contribution in [2.24, 2.45) is 7.05 Å². The predicted octanol–water partition coefficient (Wildman–Crippen LogP) is 0.607. The van der Waals surface area contributed by atoms with E-state index in [0.717, 1.165) is 12.8 Å². The molecule has 0 aliphatic heterocycles. The number of aromatic nitrogens is 2. The van der Waals surface area contributed by atoms with Crippen molar-refractivity contribution in [3.05, 3.63) is 11.4 Å². The molecule has 0 aromatic carbocycles. The molecule has 1 aromatic rings. The second-order valence-electron chi connectivity index (χ2n) is 7.01. The summed E-state index contributed by atoms with van der Waals surface area (Å²) in [6.45, 7) is 4.67. The van der Waals surface area contributed by atoms with Crippen LogP contribution in [0.1, 0.15) is 50.4 Å². The van der Waals surface area contributed by atoms with Crippen LogP contribution in [0.25, 0.3) is 0 Å². The zero-order chi connectivity index (χ0) is 19.7. The number of nitrogens with zero attached hydrogens (tertiary/aromatic N) is 2. The fourth-order valence-electron chi connectivity index (χ4n) is 3.55. The lowest BCUT2D eigenvalue weighted by Crippen LogP contribution is -2.54. The summed E-state index contributed by atoms with van der Waals surface area (Å²) >= 11 is 0. The Labute approximate surface area is 153 Å². The zero-order valence-electron chi connectivity index (χ0n) is 15.5. The number of hydrogen-bond acceptors (Lipinski definition) is 5. The van der Waals surface area contributed by atoms with Crippen LogP contribution in [0.15, 0.2) is 4.90 Å². The van der Waals surface area contributed by atoms with E-state index in [1.54, 1.807) is 20.9 Å². The summed E-state index contributed by atoms with van der Waals surface area (Å²) in [4.78, 5) is 23.7. The van der Waals surface area contributed by atoms with Crippen LogP contribution in [0.2, 0.25) is 0 Å². The van der Waals surface area contributed by atoms with Gasteiger partial charge >= 0.3 is 5.97 Å². The van der Waals surface area contributed by atoms with Gasteiger partial charge in [-0.15, -0.1) is 0 Å². The SMILES string of the molecule is Cc1nn(C)c(C)c1S(=O)(=O)NC(C)C(=O)NC1(CC(=O)O)CCCC1. The van der Waals surface area contributed by atoms with Gasteiger partial charge in [-0.1, -0.05) is 12.8 Å². The van der Waals surface area contributed by atoms with E-state index in [4.69, 9.17) is 5.11 Å². The quantitative estimate of drug-likeness (QED) is 0.629. The molecule has 1 atom stereocenters. The monoisotopic (exact) mass is 386 g/mol. The van der Waals surface area contributed by atoms with Crippen LogP contribution in [-0.4, -0.2) is 46.8 Å². The first-order valence-corrected chi connectivity index (χ1v) is 10.0. The van der Waals surface area contributed by atoms with E-state index in [1.165, 1.54) is 11.6 Å². The predicted molar refractivity (Wildman–Crippen MR) is 94.1 cm³/mol. The van der Waals surface area contributed by atoms with Gasteiger partial charge in [-0.2, -0.15) is 9.82 Å². The average Bonchev–Trinajstić information content (AvgIpc) is 3.03. The summed E-state index contributed by atoms with van der Waals surface area (Å²) in [7, 11) is -2.29. The molecule has 9 nitrogen and oxygen atoms in total. The van der Waals surface area contributed by atoms with Crippen LogP contribution in [0.4, 0.5) is 0 Å². The largest absolute Gasteiger partial charge is 0.481 e. The lowest BCUT2D eigenvalue weighted by Gasteiger charge is -2.30. The Bertz CT molecular complexity index is 809. The number of carboxylic acids is 1. The van der Waals surface area contributed by atoms with Crippen LogP contribution in [-0.2, 0) is 26.7 Å². The molecule has 0 spiro atoms. The van der Waals surface area contributed by atoms with Crippen molar-refractivity contribution in [3.8, 4) is 0 Å². The second kappa shape index (κ2) is 7.36. The third kappa shape index (κ3) is 4.24. The molecule has 0 saturated heterocycles. The molecule has 1 heterocycles. The molecule has 1 aromatic heterocycles. The van der Waals surface area contributed by atoms with Gasteiger partial charge in [0.25, 0.3) is 0 Å². The Morgan fingerprint density at radius 2 is 1.88 bits per heavy atom. The van der Waals surface area contributed by atoms with E-state index in [2.05, 4.69) is 15.1 Å². The molecular formula is C16H26N4O5S. The van der Waals surface area contributed by atoms with E-state index < -0.39 is 33.5 Å². The third-order valence-electron chi connectivity index (χ3n) is 4.88. The van der Waals surface area contributed by atoms with E-state index in [1.807, 2.05) is 0 Å². The number of carbonyl (C=O) groups excluding carboxylic acids is 1. The van der Waals surface area contributed by atoms with Crippen LogP contribution >= 0.6 is 0 Å². The third-order valence-corrected chi connectivity index (χ3v) is 6.67. The molecule has 26 heavy (non-hydrogen) atoms. The second-order valence-corrected chi connectivity index (χ2v) is 8.66. The molecule has 146 valence electrons. The Balaban J connectivity index is 2.14. The number of carbonyl (C=O) groups is 2. The smallest absolute Gasteiger partial charge is 0.305 e. The molecule has 1 fully saturated rings. The highest BCUT2D eigenvalue weighted by Crippen LogP contribution is 2.32. The molecule has 3 N–H and O–H groups in total. The number of sulfonamides is 1. The van der Waals surface area contributed by atoms with Gasteiger partial charge in [0.1, 0.15) is 4.90 Å². The standard InChI is InChI=1S/C16H26N4O5S/c1-10-14(12(3)20(4)18-10)26(24,25)19-11(2)15(23)17-16(9-13(21)22)7-5-6-8-16/h11,19H,5-9H2,1-4H3,(H,17,23)(H,21,22). The van der Waals surface area contributed by atoms with Crippen LogP contribution < -0.4 is 10.0 Å². The van der Waals surface area contributed by atoms with Crippen molar-refractivity contribution < 1.29 is 23.1 Å². The number of rotatable bonds is 7. The molecule has 1 unspecified atom stereocenters. The topological polar surface area (TPSA) is 130 Å². The van der Waals surface area contributed by atoms with E-state index >= 15 is 0 Å². The van der Waals surface area contributed by atoms with Gasteiger partial charge in [0.2, 0.25) is 15.9 Å². The van der Waals surface area contributed by atoms with Crippen molar-refractivity contribution >= 4 is 21.9 Å². The Kier molecular flexibility index (Phi) is 5.76. The first-order chi connectivity index (χ1) is 12.0. The minimum atomic E-state index is -3.93. The molecule has 0 bridgehead atoms. The van der Waals surface area contributed by atoms with Gasteiger partial charge in [0, 0.05) is 7.05 Å². The van der Waals surface area contributed by atoms with Gasteiger partial charge < -0.3 is 10.4 Å². The van der Waals surface area contributed by atoms with Crippen molar-refractivity contribution in [2.45, 2.75) is 69.4 Å². The molecular weight excluding hydrogens is 360 g/mol. The highest BCUT2D eigenvalue weighted by Gasteiger charge is 2.39. The van der Waals surface area contributed by atoms with Gasteiger partial charge in [0.05, 0.1) is 29.4 Å². The number of amides is 1. The molecule has 2 rings (SSSR count). The fourth-order valence-corrected chi connectivity index (χ4v) is 5.19. The van der Waals surface area contributed by atoms with Gasteiger partial charge in [-0.25, -0.2) is 8.42 Å². The number of aryl methyl sites for hydroxylation is 2. The van der Waals surface area contributed by atoms with Crippen LogP contribution in [0.3, 0.4) is 0 Å². The number of hydrogen-bond donors (Lipinski definition) is 3. The summed E-state index contributed by atoms with van der Waals surface area (Å²) in [5.74, 6) is -1.52. The average molecular weight is 386 g/mol. The fraction of sp³-hybridized carbons (Fsp3) is 0.688. The molecule has 0 radical (unpaired) electrons. The Morgan fingerprint density at radius 1 is 1.31 bits per heavy atom. The van der Waals surface area contributed by atoms with Crippen molar-refractivity contribution in [3.63, 3.8) is 0 Å². The summed E-state index contributed by atoms with van der Waals surface area (Å²) in [5.41, 5.74) is 0.0203. The minimum Gasteiger partial charge on any atom is -0.481 e. The zero-order valence-corrected chi connectivity index (χ0v) is 16.3. The number of aliphatic carboxylic acids is 1. The minimum absolute atomic E-state index is 0.0563. The lowest BCUT2D eigenvalue weighted by molar-refractivity contribution is -0.139. The van der Waals surface area contributed by atoms with E-state index in [0.29, 0.717) is 24.2 Å². The summed E-state index contributed by atoms with van der Waals surface area (Å²) in [6, 6.07) is -1.04. The van der Waals surface area contributed by atoms with Gasteiger partial charge in [-0.05, 0) is 33.6 Å². The molecule has 1 saturated carbocycles. The van der Waals surface area contributed by atoms with Gasteiger partial charge in [0.15, 0.2) is 0 Å². The number of carboxylic acid groups (broad SMARTS) is 1. The Morgan fingerprint density at radius 3 is 2.35 bits per heavy atom. The number of nitrogens with one attached hydrogen (secondary N) is 2. The summed E-state index contributed by atoms with van der Waals surface area (Å²) < 4.78 is 29.2. The normalized spacial score (nSPS) is 17.8. The maximum Gasteiger partial charge on any atom is 0.305 e. The van der Waals surface area contributed by atoms with E-state index in [9.17, 15) is 18.0 Å². The Hall–Kier alpha value is -1.94. The van der Waals surface area contributed by atoms with Crippen molar-refractivity contribution in [1.29, 1.82) is 0 Å². The lowest BCUT2D eigenvalue weighted by atomic mass is 9.93. The highest BCUT2D eigenvalue weighted by molar-refractivity contribution is 7.89. The van der Waals surface area contributed by atoms with Crippen LogP contribution in [0, 0.1) is 13.8 Å². The first-order valence-electron chi connectivity index (χ1n) is 8.54. The summed E-state index contributed by atoms with van der Waals surface area (Å²) in [5, 5.41) is 16.0. The van der Waals surface area contributed by atoms with Crippen molar-refractivity contribution in [1.82, 2.24) is 19.8 Å². The van der Waals surface area contributed by atoms with Gasteiger partial charge in [-0.3, -0.25) is 14.3 Å². The maximum absolute atomic E-state index is 12.7. The molecule has 1 aliphatic carbocycles. The molecule has 10 heteroatoms. The molecule has 1 amide bonds. The van der Waals surface area contributed by atoms with Crippen LogP contribution in [0.5, 0.6) is 0 Å².